The van der Waals surface area contributed by atoms with E-state index in [9.17, 15) is 18.5 Å². The van der Waals surface area contributed by atoms with Crippen LogP contribution in [-0.2, 0) is 10.0 Å². The maximum atomic E-state index is 12.5. The first-order chi connectivity index (χ1) is 9.95. The molecular weight excluding hydrogens is 298 g/mol. The molecule has 0 spiro atoms. The molecule has 2 rings (SSSR count). The lowest BCUT2D eigenvalue weighted by Crippen LogP contribution is -2.52. The SMILES string of the molecule is O=[N+]([O-])c1ccc(S(=O)(=O)N2CCNC(CCO)C2)cc1. The minimum atomic E-state index is -3.67. The Balaban J connectivity index is 2.18. The lowest BCUT2D eigenvalue weighted by Gasteiger charge is -2.32. The van der Waals surface area contributed by atoms with Crippen LogP contribution in [0.4, 0.5) is 5.69 Å². The minimum Gasteiger partial charge on any atom is -0.396 e. The third-order valence-corrected chi connectivity index (χ3v) is 5.26. The number of aliphatic hydroxyl groups is 1. The molecule has 1 aliphatic heterocycles. The summed E-state index contributed by atoms with van der Waals surface area (Å²) >= 11 is 0. The van der Waals surface area contributed by atoms with E-state index in [1.165, 1.54) is 28.6 Å². The Labute approximate surface area is 122 Å². The number of nitrogens with one attached hydrogen (secondary N) is 1. The van der Waals surface area contributed by atoms with E-state index in [4.69, 9.17) is 5.11 Å². The fourth-order valence-electron chi connectivity index (χ4n) is 2.25. The first kappa shape index (κ1) is 15.8. The highest BCUT2D eigenvalue weighted by atomic mass is 32.2. The number of sulfonamides is 1. The Morgan fingerprint density at radius 1 is 1.38 bits per heavy atom. The van der Waals surface area contributed by atoms with Gasteiger partial charge in [-0.1, -0.05) is 0 Å². The van der Waals surface area contributed by atoms with Crippen molar-refractivity contribution in [2.45, 2.75) is 17.4 Å². The third kappa shape index (κ3) is 3.56. The van der Waals surface area contributed by atoms with E-state index < -0.39 is 14.9 Å². The van der Waals surface area contributed by atoms with Crippen molar-refractivity contribution in [2.24, 2.45) is 0 Å². The molecule has 1 aromatic carbocycles. The predicted octanol–water partition coefficient (Wildman–Crippen LogP) is -0.0603. The Morgan fingerprint density at radius 3 is 2.62 bits per heavy atom. The molecule has 2 N–H and O–H groups in total. The number of aliphatic hydroxyl groups excluding tert-OH is 1. The van der Waals surface area contributed by atoms with E-state index in [1.54, 1.807) is 0 Å². The zero-order valence-corrected chi connectivity index (χ0v) is 12.1. The molecule has 1 fully saturated rings. The summed E-state index contributed by atoms with van der Waals surface area (Å²) in [6.07, 6.45) is 0.478. The van der Waals surface area contributed by atoms with Crippen LogP contribution in [0.3, 0.4) is 0 Å². The molecule has 0 bridgehead atoms. The highest BCUT2D eigenvalue weighted by Crippen LogP contribution is 2.20. The van der Waals surface area contributed by atoms with Gasteiger partial charge in [-0.15, -0.1) is 0 Å². The molecule has 0 saturated carbocycles. The Kier molecular flexibility index (Phi) is 4.88. The van der Waals surface area contributed by atoms with Crippen molar-refractivity contribution in [1.29, 1.82) is 0 Å². The molecule has 1 atom stereocenters. The Morgan fingerprint density at radius 2 is 2.05 bits per heavy atom. The van der Waals surface area contributed by atoms with Gasteiger partial charge in [-0.2, -0.15) is 4.31 Å². The van der Waals surface area contributed by atoms with Crippen molar-refractivity contribution in [2.75, 3.05) is 26.2 Å². The number of rotatable bonds is 5. The van der Waals surface area contributed by atoms with Gasteiger partial charge in [0.05, 0.1) is 9.82 Å². The second kappa shape index (κ2) is 6.48. The van der Waals surface area contributed by atoms with Crippen molar-refractivity contribution in [1.82, 2.24) is 9.62 Å². The molecule has 1 aliphatic rings. The van der Waals surface area contributed by atoms with Gasteiger partial charge in [-0.05, 0) is 18.6 Å². The molecule has 1 unspecified atom stereocenters. The fraction of sp³-hybridized carbons (Fsp3) is 0.500. The van der Waals surface area contributed by atoms with Gasteiger partial charge in [-0.3, -0.25) is 10.1 Å². The molecule has 8 nitrogen and oxygen atoms in total. The van der Waals surface area contributed by atoms with Crippen LogP contribution in [0.5, 0.6) is 0 Å². The number of hydrogen-bond donors (Lipinski definition) is 2. The topological polar surface area (TPSA) is 113 Å². The van der Waals surface area contributed by atoms with Gasteiger partial charge in [0.1, 0.15) is 0 Å². The van der Waals surface area contributed by atoms with Crippen molar-refractivity contribution >= 4 is 15.7 Å². The molecule has 1 aromatic rings. The first-order valence-corrected chi connectivity index (χ1v) is 7.98. The molecule has 0 aromatic heterocycles. The Hall–Kier alpha value is -1.55. The summed E-state index contributed by atoms with van der Waals surface area (Å²) in [5.41, 5.74) is -0.146. The predicted molar refractivity (Wildman–Crippen MR) is 75.3 cm³/mol. The molecule has 9 heteroatoms. The van der Waals surface area contributed by atoms with Gasteiger partial charge in [0, 0.05) is 44.4 Å². The molecule has 1 saturated heterocycles. The van der Waals surface area contributed by atoms with Crippen molar-refractivity contribution < 1.29 is 18.4 Å². The summed E-state index contributed by atoms with van der Waals surface area (Å²) in [7, 11) is -3.67. The van der Waals surface area contributed by atoms with E-state index in [-0.39, 0.29) is 29.8 Å². The van der Waals surface area contributed by atoms with Gasteiger partial charge in [0.2, 0.25) is 10.0 Å². The minimum absolute atomic E-state index is 0.0108. The third-order valence-electron chi connectivity index (χ3n) is 3.38. The van der Waals surface area contributed by atoms with Crippen LogP contribution in [0.15, 0.2) is 29.2 Å². The van der Waals surface area contributed by atoms with E-state index >= 15 is 0 Å². The number of nitrogens with zero attached hydrogens (tertiary/aromatic N) is 2. The Bertz CT molecular complexity index is 600. The number of benzene rings is 1. The van der Waals surface area contributed by atoms with E-state index in [0.717, 1.165) is 0 Å². The van der Waals surface area contributed by atoms with Gasteiger partial charge < -0.3 is 10.4 Å². The summed E-state index contributed by atoms with van der Waals surface area (Å²) < 4.78 is 26.3. The van der Waals surface area contributed by atoms with Crippen LogP contribution >= 0.6 is 0 Å². The van der Waals surface area contributed by atoms with Crippen LogP contribution in [0.1, 0.15) is 6.42 Å². The number of piperazine rings is 1. The average molecular weight is 315 g/mol. The summed E-state index contributed by atoms with van der Waals surface area (Å²) in [5.74, 6) is 0. The lowest BCUT2D eigenvalue weighted by molar-refractivity contribution is -0.384. The van der Waals surface area contributed by atoms with Gasteiger partial charge in [0.15, 0.2) is 0 Å². The summed E-state index contributed by atoms with van der Waals surface area (Å²) in [5, 5.41) is 22.7. The van der Waals surface area contributed by atoms with Crippen LogP contribution in [0.25, 0.3) is 0 Å². The van der Waals surface area contributed by atoms with E-state index in [1.807, 2.05) is 0 Å². The number of nitro groups is 1. The molecule has 0 amide bonds. The summed E-state index contributed by atoms with van der Waals surface area (Å²) in [4.78, 5) is 10.1. The second-order valence-corrected chi connectivity index (χ2v) is 6.72. The molecule has 1 heterocycles. The van der Waals surface area contributed by atoms with Gasteiger partial charge in [0.25, 0.3) is 5.69 Å². The van der Waals surface area contributed by atoms with Crippen molar-refractivity contribution in [3.05, 3.63) is 34.4 Å². The van der Waals surface area contributed by atoms with Crippen molar-refractivity contribution in [3.63, 3.8) is 0 Å². The quantitative estimate of drug-likeness (QED) is 0.581. The van der Waals surface area contributed by atoms with Crippen molar-refractivity contribution in [3.8, 4) is 0 Å². The monoisotopic (exact) mass is 315 g/mol. The molecule has 0 radical (unpaired) electrons. The smallest absolute Gasteiger partial charge is 0.269 e. The van der Waals surface area contributed by atoms with Gasteiger partial charge >= 0.3 is 0 Å². The highest BCUT2D eigenvalue weighted by molar-refractivity contribution is 7.89. The number of non-ortho nitro benzene ring substituents is 1. The fourth-order valence-corrected chi connectivity index (χ4v) is 3.74. The van der Waals surface area contributed by atoms with E-state index in [2.05, 4.69) is 5.32 Å². The number of hydrogen-bond acceptors (Lipinski definition) is 6. The number of nitro benzene ring substituents is 1. The molecule has 21 heavy (non-hydrogen) atoms. The van der Waals surface area contributed by atoms with E-state index in [0.29, 0.717) is 19.5 Å². The zero-order valence-electron chi connectivity index (χ0n) is 11.3. The second-order valence-electron chi connectivity index (χ2n) is 4.78. The zero-order chi connectivity index (χ0) is 15.5. The van der Waals surface area contributed by atoms with Crippen LogP contribution < -0.4 is 5.32 Å². The summed E-state index contributed by atoms with van der Waals surface area (Å²) in [6, 6.07) is 4.77. The van der Waals surface area contributed by atoms with Crippen LogP contribution in [0, 0.1) is 10.1 Å². The van der Waals surface area contributed by atoms with Gasteiger partial charge in [-0.25, -0.2) is 8.42 Å². The highest BCUT2D eigenvalue weighted by Gasteiger charge is 2.30. The standard InChI is InChI=1S/C12H17N3O5S/c16-8-5-10-9-14(7-6-13-10)21(19,20)12-3-1-11(2-4-12)15(17)18/h1-4,10,13,16H,5-9H2. The average Bonchev–Trinajstić information content (AvgIpc) is 2.48. The van der Waals surface area contributed by atoms with Crippen LogP contribution in [-0.4, -0.2) is 55.0 Å². The lowest BCUT2D eigenvalue weighted by atomic mass is 10.2. The molecule has 116 valence electrons. The maximum Gasteiger partial charge on any atom is 0.269 e. The summed E-state index contributed by atoms with van der Waals surface area (Å²) in [6.45, 7) is 1.11. The normalized spacial score (nSPS) is 20.3. The largest absolute Gasteiger partial charge is 0.396 e. The van der Waals surface area contributed by atoms with Crippen LogP contribution in [0.2, 0.25) is 0 Å². The maximum absolute atomic E-state index is 12.5. The molecular formula is C12H17N3O5S. The molecule has 0 aliphatic carbocycles. The first-order valence-electron chi connectivity index (χ1n) is 6.54.